The van der Waals surface area contributed by atoms with Gasteiger partial charge in [-0.2, -0.15) is 0 Å². The summed E-state index contributed by atoms with van der Waals surface area (Å²) in [5.41, 5.74) is 0. The van der Waals surface area contributed by atoms with Gasteiger partial charge in [0.15, 0.2) is 0 Å². The van der Waals surface area contributed by atoms with E-state index in [0.29, 0.717) is 11.5 Å². The maximum atomic E-state index is 11.7. The van der Waals surface area contributed by atoms with E-state index in [4.69, 9.17) is 4.74 Å². The summed E-state index contributed by atoms with van der Waals surface area (Å²) in [5, 5.41) is 0. The molecule has 5 heteroatoms. The first kappa shape index (κ1) is 12.4. The summed E-state index contributed by atoms with van der Waals surface area (Å²) in [5.74, 6) is -0.527. The van der Waals surface area contributed by atoms with Crippen molar-refractivity contribution in [3.63, 3.8) is 0 Å². The van der Waals surface area contributed by atoms with Crippen LogP contribution in [-0.4, -0.2) is 22.5 Å². The van der Waals surface area contributed by atoms with Crippen LogP contribution in [0.4, 0.5) is 0 Å². The van der Waals surface area contributed by atoms with Gasteiger partial charge >= 0.3 is 5.97 Å². The van der Waals surface area contributed by atoms with Gasteiger partial charge in [-0.1, -0.05) is 22.0 Å². The van der Waals surface area contributed by atoms with E-state index in [9.17, 15) is 9.00 Å². The summed E-state index contributed by atoms with van der Waals surface area (Å²) in [6.07, 6.45) is 0. The van der Waals surface area contributed by atoms with Crippen LogP contribution < -0.4 is 0 Å². The minimum atomic E-state index is -1.33. The molecule has 0 amide bonds. The van der Waals surface area contributed by atoms with E-state index in [1.54, 1.807) is 25.1 Å². The molecule has 0 fully saturated rings. The molecule has 15 heavy (non-hydrogen) atoms. The lowest BCUT2D eigenvalue weighted by Crippen LogP contribution is -2.13. The predicted molar refractivity (Wildman–Crippen MR) is 62.1 cm³/mol. The number of halogens is 1. The smallest absolute Gasteiger partial charge is 0.318 e. The molecule has 0 bridgehead atoms. The van der Waals surface area contributed by atoms with Gasteiger partial charge in [-0.15, -0.1) is 0 Å². The molecule has 0 aliphatic heterocycles. The van der Waals surface area contributed by atoms with Crippen LogP contribution >= 0.6 is 15.9 Å². The van der Waals surface area contributed by atoms with Crippen molar-refractivity contribution in [1.82, 2.24) is 0 Å². The SMILES string of the molecule is CCOC(=O)CS(=O)c1cccc(Br)c1. The number of carbonyl (C=O) groups excluding carboxylic acids is 1. The minimum absolute atomic E-state index is 0.0930. The topological polar surface area (TPSA) is 43.4 Å². The van der Waals surface area contributed by atoms with E-state index < -0.39 is 16.8 Å². The van der Waals surface area contributed by atoms with Crippen molar-refractivity contribution in [2.24, 2.45) is 0 Å². The highest BCUT2D eigenvalue weighted by atomic mass is 79.9. The molecule has 0 N–H and O–H groups in total. The zero-order valence-corrected chi connectivity index (χ0v) is 10.6. The number of rotatable bonds is 4. The third kappa shape index (κ3) is 4.13. The average molecular weight is 291 g/mol. The Bertz CT molecular complexity index is 379. The van der Waals surface area contributed by atoms with E-state index in [1.807, 2.05) is 6.07 Å². The predicted octanol–water partition coefficient (Wildman–Crippen LogP) is 2.12. The van der Waals surface area contributed by atoms with Crippen molar-refractivity contribution in [3.8, 4) is 0 Å². The Kier molecular flexibility index (Phi) is 4.98. The fourth-order valence-electron chi connectivity index (χ4n) is 1.00. The number of carbonyl (C=O) groups is 1. The molecule has 82 valence electrons. The van der Waals surface area contributed by atoms with Crippen molar-refractivity contribution >= 4 is 32.7 Å². The first-order chi connectivity index (χ1) is 7.13. The van der Waals surface area contributed by atoms with Gasteiger partial charge in [0.1, 0.15) is 5.75 Å². The summed E-state index contributed by atoms with van der Waals surface area (Å²) in [6.45, 7) is 2.04. The summed E-state index contributed by atoms with van der Waals surface area (Å²) in [6, 6.07) is 7.07. The first-order valence-electron chi connectivity index (χ1n) is 4.43. The number of hydrogen-bond donors (Lipinski definition) is 0. The molecule has 0 aliphatic carbocycles. The van der Waals surface area contributed by atoms with E-state index in [0.717, 1.165) is 4.47 Å². The van der Waals surface area contributed by atoms with Crippen molar-refractivity contribution in [2.45, 2.75) is 11.8 Å². The molecule has 0 spiro atoms. The molecule has 0 aliphatic rings. The van der Waals surface area contributed by atoms with Gasteiger partial charge in [-0.05, 0) is 25.1 Å². The second kappa shape index (κ2) is 6.02. The van der Waals surface area contributed by atoms with Gasteiger partial charge in [-0.3, -0.25) is 9.00 Å². The van der Waals surface area contributed by atoms with Gasteiger partial charge in [0, 0.05) is 9.37 Å². The molecule has 0 radical (unpaired) electrons. The van der Waals surface area contributed by atoms with E-state index in [1.165, 1.54) is 0 Å². The molecular weight excluding hydrogens is 280 g/mol. The summed E-state index contributed by atoms with van der Waals surface area (Å²) in [7, 11) is -1.33. The number of esters is 1. The number of ether oxygens (including phenoxy) is 1. The summed E-state index contributed by atoms with van der Waals surface area (Å²) in [4.78, 5) is 11.7. The second-order valence-electron chi connectivity index (χ2n) is 2.75. The highest BCUT2D eigenvalue weighted by molar-refractivity contribution is 9.10. The highest BCUT2D eigenvalue weighted by Gasteiger charge is 2.10. The standard InChI is InChI=1S/C10H11BrO3S/c1-2-14-10(12)7-15(13)9-5-3-4-8(11)6-9/h3-6H,2,7H2,1H3. The Morgan fingerprint density at radius 1 is 1.53 bits per heavy atom. The normalized spacial score (nSPS) is 12.1. The van der Waals surface area contributed by atoms with Gasteiger partial charge in [-0.25, -0.2) is 0 Å². The van der Waals surface area contributed by atoms with Crippen molar-refractivity contribution in [1.29, 1.82) is 0 Å². The van der Waals surface area contributed by atoms with Gasteiger partial charge in [0.25, 0.3) is 0 Å². The Labute approximate surface area is 99.4 Å². The number of hydrogen-bond acceptors (Lipinski definition) is 3. The molecule has 0 saturated heterocycles. The number of benzene rings is 1. The Balaban J connectivity index is 2.65. The molecular formula is C10H11BrO3S. The third-order valence-electron chi connectivity index (χ3n) is 1.61. The zero-order valence-electron chi connectivity index (χ0n) is 8.23. The quantitative estimate of drug-likeness (QED) is 0.798. The van der Waals surface area contributed by atoms with Gasteiger partial charge < -0.3 is 4.74 Å². The third-order valence-corrected chi connectivity index (χ3v) is 3.38. The van der Waals surface area contributed by atoms with Crippen LogP contribution in [0.25, 0.3) is 0 Å². The van der Waals surface area contributed by atoms with Gasteiger partial charge in [0.2, 0.25) is 0 Å². The molecule has 0 saturated carbocycles. The van der Waals surface area contributed by atoms with E-state index in [2.05, 4.69) is 15.9 Å². The minimum Gasteiger partial charge on any atom is -0.465 e. The lowest BCUT2D eigenvalue weighted by atomic mass is 10.4. The van der Waals surface area contributed by atoms with E-state index in [-0.39, 0.29) is 5.75 Å². The molecule has 1 aromatic carbocycles. The molecule has 3 nitrogen and oxygen atoms in total. The summed E-state index contributed by atoms with van der Waals surface area (Å²) < 4.78 is 17.2. The maximum Gasteiger partial charge on any atom is 0.318 e. The average Bonchev–Trinajstić information content (AvgIpc) is 2.18. The Morgan fingerprint density at radius 3 is 2.87 bits per heavy atom. The van der Waals surface area contributed by atoms with Gasteiger partial charge in [0.05, 0.1) is 17.4 Å². The fourth-order valence-corrected chi connectivity index (χ4v) is 2.51. The lowest BCUT2D eigenvalue weighted by Gasteiger charge is -2.02. The Morgan fingerprint density at radius 2 is 2.27 bits per heavy atom. The maximum absolute atomic E-state index is 11.7. The van der Waals surface area contributed by atoms with E-state index >= 15 is 0 Å². The molecule has 1 rings (SSSR count). The van der Waals surface area contributed by atoms with Crippen LogP contribution in [-0.2, 0) is 20.3 Å². The molecule has 1 unspecified atom stereocenters. The first-order valence-corrected chi connectivity index (χ1v) is 6.54. The monoisotopic (exact) mass is 290 g/mol. The lowest BCUT2D eigenvalue weighted by molar-refractivity contribution is -0.139. The molecule has 0 aromatic heterocycles. The van der Waals surface area contributed by atoms with Crippen molar-refractivity contribution < 1.29 is 13.7 Å². The van der Waals surface area contributed by atoms with Crippen LogP contribution in [0.3, 0.4) is 0 Å². The van der Waals surface area contributed by atoms with Crippen LogP contribution in [0, 0.1) is 0 Å². The van der Waals surface area contributed by atoms with Crippen LogP contribution in [0.15, 0.2) is 33.6 Å². The molecule has 0 heterocycles. The fraction of sp³-hybridized carbons (Fsp3) is 0.300. The summed E-state index contributed by atoms with van der Waals surface area (Å²) >= 11 is 3.28. The largest absolute Gasteiger partial charge is 0.465 e. The van der Waals surface area contributed by atoms with Crippen LogP contribution in [0.5, 0.6) is 0 Å². The highest BCUT2D eigenvalue weighted by Crippen LogP contribution is 2.14. The van der Waals surface area contributed by atoms with Crippen molar-refractivity contribution in [3.05, 3.63) is 28.7 Å². The molecule has 1 aromatic rings. The van der Waals surface area contributed by atoms with Crippen molar-refractivity contribution in [2.75, 3.05) is 12.4 Å². The Hall–Kier alpha value is -0.680. The second-order valence-corrected chi connectivity index (χ2v) is 5.12. The zero-order chi connectivity index (χ0) is 11.3. The molecule has 1 atom stereocenters. The van der Waals surface area contributed by atoms with Crippen LogP contribution in [0.1, 0.15) is 6.92 Å². The van der Waals surface area contributed by atoms with Crippen LogP contribution in [0.2, 0.25) is 0 Å².